The fourth-order valence-corrected chi connectivity index (χ4v) is 4.14. The highest BCUT2D eigenvalue weighted by atomic mass is 19.1. The molecule has 4 heterocycles. The zero-order valence-corrected chi connectivity index (χ0v) is 18.8. The summed E-state index contributed by atoms with van der Waals surface area (Å²) >= 11 is 0. The first-order valence-corrected chi connectivity index (χ1v) is 11.4. The van der Waals surface area contributed by atoms with Crippen LogP contribution in [0.2, 0.25) is 0 Å². The summed E-state index contributed by atoms with van der Waals surface area (Å²) < 4.78 is 16.9. The third-order valence-electron chi connectivity index (χ3n) is 6.03. The molecule has 3 N–H and O–H groups in total. The maximum atomic E-state index is 12.9. The molecule has 1 saturated carbocycles. The molecule has 174 valence electrons. The molecule has 0 spiro atoms. The fraction of sp³-hybridized carbons (Fsp3) is 0.280. The monoisotopic (exact) mass is 458 g/mol. The van der Waals surface area contributed by atoms with Gasteiger partial charge >= 0.3 is 0 Å². The molecule has 0 aliphatic heterocycles. The standard InChI is InChI=1S/C25H27FN8/c26-21-7-19(8-21)11-28-10-18-3-4-25-31-22(17-34(25)16-18)13-30-15-24(32-27)20-9-23(14-29-12-20)33-5-1-2-6-33/h1-6,9,12,14-17,19,21,28H,7-8,10-11,13,27H2. The summed E-state index contributed by atoms with van der Waals surface area (Å²) in [7, 11) is 0. The van der Waals surface area contributed by atoms with Crippen LogP contribution < -0.4 is 11.2 Å². The number of nitrogens with two attached hydrogens (primary N) is 1. The highest BCUT2D eigenvalue weighted by Gasteiger charge is 2.28. The van der Waals surface area contributed by atoms with E-state index in [4.69, 9.17) is 5.84 Å². The molecule has 4 aromatic heterocycles. The number of hydrogen-bond donors (Lipinski definition) is 2. The number of hydrogen-bond acceptors (Lipinski definition) is 6. The number of aliphatic imine (C=N–C) groups is 1. The Hall–Kier alpha value is -3.85. The molecule has 1 aliphatic carbocycles. The summed E-state index contributed by atoms with van der Waals surface area (Å²) in [6.07, 6.45) is 13.9. The number of imidazole rings is 1. The molecule has 1 aliphatic rings. The van der Waals surface area contributed by atoms with Gasteiger partial charge in [0.1, 0.15) is 17.5 Å². The first-order chi connectivity index (χ1) is 16.7. The minimum absolute atomic E-state index is 0.408. The number of hydrazone groups is 1. The van der Waals surface area contributed by atoms with Crippen LogP contribution in [0.15, 0.2) is 77.6 Å². The van der Waals surface area contributed by atoms with E-state index in [0.717, 1.165) is 41.2 Å². The molecule has 4 aromatic rings. The summed E-state index contributed by atoms with van der Waals surface area (Å²) in [5.41, 5.74) is 5.12. The maximum Gasteiger partial charge on any atom is 0.137 e. The molecule has 5 rings (SSSR count). The number of aromatic nitrogens is 4. The Morgan fingerprint density at radius 2 is 2.06 bits per heavy atom. The van der Waals surface area contributed by atoms with E-state index in [1.165, 1.54) is 0 Å². The number of pyridine rings is 2. The van der Waals surface area contributed by atoms with Crippen molar-refractivity contribution in [3.63, 3.8) is 0 Å². The van der Waals surface area contributed by atoms with Crippen molar-refractivity contribution in [2.24, 2.45) is 21.9 Å². The van der Waals surface area contributed by atoms with E-state index < -0.39 is 6.17 Å². The van der Waals surface area contributed by atoms with Gasteiger partial charge in [-0.05, 0) is 55.1 Å². The van der Waals surface area contributed by atoms with Gasteiger partial charge < -0.3 is 20.1 Å². The molecule has 9 heteroatoms. The van der Waals surface area contributed by atoms with E-state index in [1.54, 1.807) is 18.6 Å². The van der Waals surface area contributed by atoms with Gasteiger partial charge in [-0.1, -0.05) is 6.07 Å². The molecule has 0 atom stereocenters. The van der Waals surface area contributed by atoms with E-state index >= 15 is 0 Å². The van der Waals surface area contributed by atoms with Crippen LogP contribution in [-0.4, -0.2) is 43.6 Å². The van der Waals surface area contributed by atoms with Crippen LogP contribution in [0.5, 0.6) is 0 Å². The van der Waals surface area contributed by atoms with Gasteiger partial charge in [0.25, 0.3) is 0 Å². The second kappa shape index (κ2) is 9.96. The van der Waals surface area contributed by atoms with Crippen molar-refractivity contribution in [2.75, 3.05) is 6.54 Å². The van der Waals surface area contributed by atoms with Crippen molar-refractivity contribution < 1.29 is 4.39 Å². The lowest BCUT2D eigenvalue weighted by atomic mass is 9.83. The third kappa shape index (κ3) is 5.04. The van der Waals surface area contributed by atoms with Crippen molar-refractivity contribution in [2.45, 2.75) is 32.1 Å². The van der Waals surface area contributed by atoms with Crippen molar-refractivity contribution in [3.8, 4) is 5.69 Å². The lowest BCUT2D eigenvalue weighted by Gasteiger charge is -2.29. The second-order valence-electron chi connectivity index (χ2n) is 8.61. The Morgan fingerprint density at radius 1 is 1.21 bits per heavy atom. The maximum absolute atomic E-state index is 12.9. The number of halogens is 1. The molecule has 1 fully saturated rings. The number of alkyl halides is 1. The Bertz CT molecular complexity index is 1300. The van der Waals surface area contributed by atoms with E-state index in [1.807, 2.05) is 51.8 Å². The van der Waals surface area contributed by atoms with Gasteiger partial charge in [-0.25, -0.2) is 9.37 Å². The van der Waals surface area contributed by atoms with Gasteiger partial charge in [0.15, 0.2) is 0 Å². The topological polar surface area (TPSA) is 97.9 Å². The minimum atomic E-state index is -0.603. The molecular formula is C25H27FN8. The molecule has 0 amide bonds. The Kier molecular flexibility index (Phi) is 6.44. The average Bonchev–Trinajstić information content (AvgIpc) is 3.50. The van der Waals surface area contributed by atoms with Crippen molar-refractivity contribution in [1.29, 1.82) is 0 Å². The highest BCUT2D eigenvalue weighted by molar-refractivity contribution is 6.38. The van der Waals surface area contributed by atoms with Crippen LogP contribution in [0.1, 0.15) is 29.7 Å². The highest BCUT2D eigenvalue weighted by Crippen LogP contribution is 2.29. The quantitative estimate of drug-likeness (QED) is 0.228. The largest absolute Gasteiger partial charge is 0.323 e. The van der Waals surface area contributed by atoms with Crippen LogP contribution in [-0.2, 0) is 13.1 Å². The first-order valence-electron chi connectivity index (χ1n) is 11.4. The summed E-state index contributed by atoms with van der Waals surface area (Å²) in [6.45, 7) is 2.02. The Balaban J connectivity index is 1.21. The van der Waals surface area contributed by atoms with E-state index in [-0.39, 0.29) is 0 Å². The summed E-state index contributed by atoms with van der Waals surface area (Å²) in [5, 5.41) is 7.31. The van der Waals surface area contributed by atoms with Gasteiger partial charge in [-0.2, -0.15) is 5.10 Å². The lowest BCUT2D eigenvalue weighted by molar-refractivity contribution is 0.129. The summed E-state index contributed by atoms with van der Waals surface area (Å²) in [5.74, 6) is 6.09. The smallest absolute Gasteiger partial charge is 0.137 e. The molecule has 0 saturated heterocycles. The average molecular weight is 459 g/mol. The van der Waals surface area contributed by atoms with Crippen LogP contribution >= 0.6 is 0 Å². The molecule has 0 unspecified atom stereocenters. The Labute approximate surface area is 197 Å². The fourth-order valence-electron chi connectivity index (χ4n) is 4.14. The Morgan fingerprint density at radius 3 is 2.85 bits per heavy atom. The first kappa shape index (κ1) is 22.0. The number of nitrogens with one attached hydrogen (secondary N) is 1. The number of rotatable bonds is 9. The van der Waals surface area contributed by atoms with E-state index in [0.29, 0.717) is 31.0 Å². The lowest BCUT2D eigenvalue weighted by Crippen LogP contribution is -2.33. The predicted molar refractivity (Wildman–Crippen MR) is 131 cm³/mol. The second-order valence-corrected chi connectivity index (χ2v) is 8.61. The van der Waals surface area contributed by atoms with E-state index in [9.17, 15) is 4.39 Å². The summed E-state index contributed by atoms with van der Waals surface area (Å²) in [6, 6.07) is 9.93. The SMILES string of the molecule is NN=C(C=NCc1cn2cc(CNCC3CC(F)C3)ccc2n1)c1cncc(-n2cccc2)c1. The van der Waals surface area contributed by atoms with Crippen LogP contribution in [0.25, 0.3) is 11.3 Å². The molecule has 0 radical (unpaired) electrons. The molecular weight excluding hydrogens is 431 g/mol. The van der Waals surface area contributed by atoms with Gasteiger partial charge in [0.2, 0.25) is 0 Å². The van der Waals surface area contributed by atoms with Crippen molar-refractivity contribution in [1.82, 2.24) is 24.3 Å². The minimum Gasteiger partial charge on any atom is -0.323 e. The summed E-state index contributed by atoms with van der Waals surface area (Å²) in [4.78, 5) is 13.4. The van der Waals surface area contributed by atoms with Crippen LogP contribution in [0.4, 0.5) is 4.39 Å². The third-order valence-corrected chi connectivity index (χ3v) is 6.03. The number of fused-ring (bicyclic) bond motifs is 1. The zero-order chi connectivity index (χ0) is 23.3. The molecule has 8 nitrogen and oxygen atoms in total. The molecule has 0 bridgehead atoms. The zero-order valence-electron chi connectivity index (χ0n) is 18.8. The van der Waals surface area contributed by atoms with Crippen LogP contribution in [0.3, 0.4) is 0 Å². The van der Waals surface area contributed by atoms with Crippen LogP contribution in [0, 0.1) is 5.92 Å². The van der Waals surface area contributed by atoms with Gasteiger partial charge in [0, 0.05) is 49.3 Å². The van der Waals surface area contributed by atoms with Crippen molar-refractivity contribution in [3.05, 3.63) is 84.3 Å². The molecule has 0 aromatic carbocycles. The van der Waals surface area contributed by atoms with E-state index in [2.05, 4.69) is 37.6 Å². The normalized spacial score (nSPS) is 18.6. The van der Waals surface area contributed by atoms with Gasteiger partial charge in [-0.15, -0.1) is 0 Å². The van der Waals surface area contributed by atoms with Gasteiger partial charge in [-0.3, -0.25) is 9.98 Å². The van der Waals surface area contributed by atoms with Gasteiger partial charge in [0.05, 0.1) is 24.1 Å². The molecule has 34 heavy (non-hydrogen) atoms. The number of nitrogens with zero attached hydrogens (tertiary/aromatic N) is 6. The predicted octanol–water partition coefficient (Wildman–Crippen LogP) is 3.29. The van der Waals surface area contributed by atoms with Crippen molar-refractivity contribution >= 4 is 17.6 Å².